The average Bonchev–Trinajstić information content (AvgIpc) is 2.62. The predicted molar refractivity (Wildman–Crippen MR) is 97.2 cm³/mol. The summed E-state index contributed by atoms with van der Waals surface area (Å²) in [6.45, 7) is 1.16. The Morgan fingerprint density at radius 1 is 0.960 bits per heavy atom. The van der Waals surface area contributed by atoms with Gasteiger partial charge in [-0.1, -0.05) is 35.9 Å². The van der Waals surface area contributed by atoms with E-state index in [0.29, 0.717) is 23.8 Å². The van der Waals surface area contributed by atoms with Gasteiger partial charge in [0.05, 0.1) is 4.90 Å². The van der Waals surface area contributed by atoms with Crippen molar-refractivity contribution in [3.8, 4) is 0 Å². The topological polar surface area (TPSA) is 69.7 Å². The second-order valence-electron chi connectivity index (χ2n) is 5.64. The normalized spacial score (nSPS) is 15.8. The second kappa shape index (κ2) is 7.43. The van der Waals surface area contributed by atoms with Gasteiger partial charge < -0.3 is 10.2 Å². The number of para-hydroxylation sites is 1. The summed E-state index contributed by atoms with van der Waals surface area (Å²) in [5.41, 5.74) is 0.710. The van der Waals surface area contributed by atoms with Crippen LogP contribution in [0.4, 0.5) is 10.5 Å². The van der Waals surface area contributed by atoms with Crippen molar-refractivity contribution < 1.29 is 13.2 Å². The summed E-state index contributed by atoms with van der Waals surface area (Å²) in [6, 6.07) is 15.1. The highest BCUT2D eigenvalue weighted by Gasteiger charge is 2.30. The predicted octanol–water partition coefficient (Wildman–Crippen LogP) is 2.88. The Bertz CT molecular complexity index is 850. The van der Waals surface area contributed by atoms with Crippen molar-refractivity contribution in [2.24, 2.45) is 0 Å². The molecule has 2 aromatic carbocycles. The zero-order valence-electron chi connectivity index (χ0n) is 13.4. The van der Waals surface area contributed by atoms with Crippen LogP contribution in [0.15, 0.2) is 59.5 Å². The van der Waals surface area contributed by atoms with E-state index in [1.54, 1.807) is 29.2 Å². The Balaban J connectivity index is 1.62. The molecule has 1 aliphatic rings. The van der Waals surface area contributed by atoms with E-state index < -0.39 is 10.0 Å². The number of sulfonamides is 1. The molecule has 1 saturated heterocycles. The molecule has 6 nitrogen and oxygen atoms in total. The van der Waals surface area contributed by atoms with Gasteiger partial charge in [0.2, 0.25) is 10.0 Å². The summed E-state index contributed by atoms with van der Waals surface area (Å²) in [7, 11) is -3.60. The number of halogens is 1. The monoisotopic (exact) mass is 379 g/mol. The maximum Gasteiger partial charge on any atom is 0.321 e. The third-order valence-corrected chi connectivity index (χ3v) is 6.11. The fraction of sp³-hybridized carbons (Fsp3) is 0.235. The van der Waals surface area contributed by atoms with Gasteiger partial charge in [-0.05, 0) is 30.3 Å². The number of nitrogens with zero attached hydrogens (tertiary/aromatic N) is 2. The highest BCUT2D eigenvalue weighted by molar-refractivity contribution is 7.89. The number of nitrogens with one attached hydrogen (secondary N) is 1. The number of hydrogen-bond acceptors (Lipinski definition) is 3. The lowest BCUT2D eigenvalue weighted by atomic mass is 10.3. The van der Waals surface area contributed by atoms with Crippen molar-refractivity contribution in [2.45, 2.75) is 4.90 Å². The standard InChI is InChI=1S/C17H18ClN3O3S/c18-14-5-4-8-16(13-14)25(23,24)21-11-9-20(10-12-21)17(22)19-15-6-2-1-3-7-15/h1-8,13H,9-12H2,(H,19,22). The number of anilines is 1. The van der Waals surface area contributed by atoms with Crippen molar-refractivity contribution in [3.05, 3.63) is 59.6 Å². The third kappa shape index (κ3) is 4.12. The molecule has 0 atom stereocenters. The van der Waals surface area contributed by atoms with Gasteiger partial charge in [-0.3, -0.25) is 0 Å². The molecule has 0 spiro atoms. The van der Waals surface area contributed by atoms with E-state index >= 15 is 0 Å². The molecule has 2 aromatic rings. The first-order valence-corrected chi connectivity index (χ1v) is 9.65. The highest BCUT2D eigenvalue weighted by Crippen LogP contribution is 2.21. The van der Waals surface area contributed by atoms with E-state index in [1.165, 1.54) is 16.4 Å². The van der Waals surface area contributed by atoms with Gasteiger partial charge in [0.1, 0.15) is 0 Å². The van der Waals surface area contributed by atoms with Crippen LogP contribution >= 0.6 is 11.6 Å². The molecule has 0 unspecified atom stereocenters. The third-order valence-electron chi connectivity index (χ3n) is 3.98. The minimum Gasteiger partial charge on any atom is -0.322 e. The van der Waals surface area contributed by atoms with E-state index in [9.17, 15) is 13.2 Å². The molecule has 1 aliphatic heterocycles. The SMILES string of the molecule is O=C(Nc1ccccc1)N1CCN(S(=O)(=O)c2cccc(Cl)c2)CC1. The van der Waals surface area contributed by atoms with Crippen LogP contribution < -0.4 is 5.32 Å². The fourth-order valence-electron chi connectivity index (χ4n) is 2.63. The summed E-state index contributed by atoms with van der Waals surface area (Å²) in [6.07, 6.45) is 0. The van der Waals surface area contributed by atoms with Crippen molar-refractivity contribution in [2.75, 3.05) is 31.5 Å². The molecule has 8 heteroatoms. The molecule has 3 rings (SSSR count). The molecule has 1 fully saturated rings. The van der Waals surface area contributed by atoms with Crippen LogP contribution in [-0.2, 0) is 10.0 Å². The van der Waals surface area contributed by atoms with Crippen LogP contribution in [-0.4, -0.2) is 49.8 Å². The smallest absolute Gasteiger partial charge is 0.321 e. The zero-order chi connectivity index (χ0) is 17.9. The first-order chi connectivity index (χ1) is 12.0. The van der Waals surface area contributed by atoms with Crippen LogP contribution in [0.25, 0.3) is 0 Å². The molecule has 0 saturated carbocycles. The molecule has 25 heavy (non-hydrogen) atoms. The molecule has 1 N–H and O–H groups in total. The van der Waals surface area contributed by atoms with Crippen molar-refractivity contribution in [1.82, 2.24) is 9.21 Å². The van der Waals surface area contributed by atoms with Crippen molar-refractivity contribution >= 4 is 33.3 Å². The summed E-state index contributed by atoms with van der Waals surface area (Å²) in [5, 5.41) is 3.18. The number of amides is 2. The van der Waals surface area contributed by atoms with E-state index in [0.717, 1.165) is 0 Å². The Labute approximate surface area is 152 Å². The summed E-state index contributed by atoms with van der Waals surface area (Å²) < 4.78 is 26.7. The van der Waals surface area contributed by atoms with Gasteiger partial charge in [-0.15, -0.1) is 0 Å². The average molecular weight is 380 g/mol. The minimum absolute atomic E-state index is 0.169. The van der Waals surface area contributed by atoms with E-state index in [4.69, 9.17) is 11.6 Å². The number of rotatable bonds is 3. The zero-order valence-corrected chi connectivity index (χ0v) is 15.0. The molecule has 0 bridgehead atoms. The van der Waals surface area contributed by atoms with Gasteiger partial charge in [-0.2, -0.15) is 4.31 Å². The van der Waals surface area contributed by atoms with Crippen LogP contribution in [0.2, 0.25) is 5.02 Å². The number of hydrogen-bond donors (Lipinski definition) is 1. The second-order valence-corrected chi connectivity index (χ2v) is 8.02. The maximum atomic E-state index is 12.7. The summed E-state index contributed by atoms with van der Waals surface area (Å²) >= 11 is 5.89. The maximum absolute atomic E-state index is 12.7. The van der Waals surface area contributed by atoms with Crippen molar-refractivity contribution in [3.63, 3.8) is 0 Å². The number of urea groups is 1. The van der Waals surface area contributed by atoms with E-state index in [1.807, 2.05) is 18.2 Å². The largest absolute Gasteiger partial charge is 0.322 e. The van der Waals surface area contributed by atoms with E-state index in [-0.39, 0.29) is 24.0 Å². The van der Waals surface area contributed by atoms with Gasteiger partial charge >= 0.3 is 6.03 Å². The molecule has 1 heterocycles. The number of benzene rings is 2. The molecule has 0 radical (unpaired) electrons. The Kier molecular flexibility index (Phi) is 5.27. The van der Waals surface area contributed by atoms with Gasteiger partial charge in [0.25, 0.3) is 0 Å². The van der Waals surface area contributed by atoms with Crippen LogP contribution in [0.3, 0.4) is 0 Å². The Morgan fingerprint density at radius 2 is 1.64 bits per heavy atom. The molecule has 2 amide bonds. The first kappa shape index (κ1) is 17.7. The molecular formula is C17H18ClN3O3S. The lowest BCUT2D eigenvalue weighted by Crippen LogP contribution is -2.51. The Morgan fingerprint density at radius 3 is 2.28 bits per heavy atom. The molecule has 0 aliphatic carbocycles. The molecular weight excluding hydrogens is 362 g/mol. The number of piperazine rings is 1. The van der Waals surface area contributed by atoms with Gasteiger partial charge in [0, 0.05) is 36.9 Å². The molecule has 132 valence electrons. The lowest BCUT2D eigenvalue weighted by molar-refractivity contribution is 0.184. The van der Waals surface area contributed by atoms with Crippen LogP contribution in [0.5, 0.6) is 0 Å². The van der Waals surface area contributed by atoms with E-state index in [2.05, 4.69) is 5.32 Å². The minimum atomic E-state index is -3.60. The van der Waals surface area contributed by atoms with Gasteiger partial charge in [-0.25, -0.2) is 13.2 Å². The van der Waals surface area contributed by atoms with Crippen LogP contribution in [0, 0.1) is 0 Å². The quantitative estimate of drug-likeness (QED) is 0.891. The number of carbonyl (C=O) groups excluding carboxylic acids is 1. The summed E-state index contributed by atoms with van der Waals surface area (Å²) in [5.74, 6) is 0. The van der Waals surface area contributed by atoms with Gasteiger partial charge in [0.15, 0.2) is 0 Å². The highest BCUT2D eigenvalue weighted by atomic mass is 35.5. The lowest BCUT2D eigenvalue weighted by Gasteiger charge is -2.34. The number of carbonyl (C=O) groups is 1. The summed E-state index contributed by atoms with van der Waals surface area (Å²) in [4.78, 5) is 14.0. The fourth-order valence-corrected chi connectivity index (χ4v) is 4.36. The van der Waals surface area contributed by atoms with Crippen LogP contribution in [0.1, 0.15) is 0 Å². The Hall–Kier alpha value is -2.09. The van der Waals surface area contributed by atoms with Crippen molar-refractivity contribution in [1.29, 1.82) is 0 Å². The molecule has 0 aromatic heterocycles. The first-order valence-electron chi connectivity index (χ1n) is 7.83.